The topological polar surface area (TPSA) is 58.6 Å². The second-order valence-electron chi connectivity index (χ2n) is 5.50. The highest BCUT2D eigenvalue weighted by Gasteiger charge is 2.17. The summed E-state index contributed by atoms with van der Waals surface area (Å²) < 4.78 is 4.91. The maximum Gasteiger partial charge on any atom is 0.240 e. The Balaban J connectivity index is 3.90. The smallest absolute Gasteiger partial charge is 0.240 e. The van der Waals surface area contributed by atoms with Crippen molar-refractivity contribution >= 4 is 11.8 Å². The van der Waals surface area contributed by atoms with Gasteiger partial charge in [-0.2, -0.15) is 0 Å². The van der Waals surface area contributed by atoms with Crippen LogP contribution >= 0.6 is 0 Å². The molecular weight excluding hydrogens is 232 g/mol. The van der Waals surface area contributed by atoms with Gasteiger partial charge >= 0.3 is 0 Å². The third-order valence-electron chi connectivity index (χ3n) is 2.31. The molecule has 106 valence electrons. The summed E-state index contributed by atoms with van der Waals surface area (Å²) in [4.78, 5) is 24.8. The van der Waals surface area contributed by atoms with E-state index in [9.17, 15) is 9.59 Å². The highest BCUT2D eigenvalue weighted by atomic mass is 16.5. The number of hydrogen-bond acceptors (Lipinski definition) is 3. The van der Waals surface area contributed by atoms with Crippen molar-refractivity contribution in [2.75, 3.05) is 27.3 Å². The van der Waals surface area contributed by atoms with E-state index in [2.05, 4.69) is 5.32 Å². The van der Waals surface area contributed by atoms with Crippen molar-refractivity contribution in [2.24, 2.45) is 0 Å². The number of methoxy groups -OCH3 is 1. The Bertz CT molecular complexity index is 272. The lowest BCUT2D eigenvalue weighted by atomic mass is 10.1. The molecule has 0 aliphatic carbocycles. The maximum atomic E-state index is 11.7. The zero-order valence-electron chi connectivity index (χ0n) is 12.2. The average Bonchev–Trinajstić information content (AvgIpc) is 2.21. The monoisotopic (exact) mass is 258 g/mol. The molecule has 5 nitrogen and oxygen atoms in total. The molecule has 0 atom stereocenters. The number of unbranched alkanes of at least 4 members (excludes halogenated alkanes) is 1. The molecule has 18 heavy (non-hydrogen) atoms. The van der Waals surface area contributed by atoms with Gasteiger partial charge < -0.3 is 15.0 Å². The van der Waals surface area contributed by atoms with Crippen LogP contribution in [0.15, 0.2) is 0 Å². The zero-order valence-corrected chi connectivity index (χ0v) is 12.2. The lowest BCUT2D eigenvalue weighted by Crippen LogP contribution is -2.46. The summed E-state index contributed by atoms with van der Waals surface area (Å²) in [5.74, 6) is -0.134. The number of amides is 2. The van der Waals surface area contributed by atoms with Crippen molar-refractivity contribution in [1.29, 1.82) is 0 Å². The predicted octanol–water partition coefficient (Wildman–Crippen LogP) is 1.18. The predicted molar refractivity (Wildman–Crippen MR) is 71.3 cm³/mol. The van der Waals surface area contributed by atoms with Crippen molar-refractivity contribution in [3.63, 3.8) is 0 Å². The number of nitrogens with zero attached hydrogens (tertiary/aromatic N) is 1. The Morgan fingerprint density at radius 2 is 1.83 bits per heavy atom. The van der Waals surface area contributed by atoms with Crippen LogP contribution in [0.3, 0.4) is 0 Å². The summed E-state index contributed by atoms with van der Waals surface area (Å²) >= 11 is 0. The van der Waals surface area contributed by atoms with Crippen LogP contribution in [-0.2, 0) is 14.3 Å². The zero-order chi connectivity index (χ0) is 14.2. The minimum absolute atomic E-state index is 0.00448. The van der Waals surface area contributed by atoms with Gasteiger partial charge in [0.15, 0.2) is 0 Å². The van der Waals surface area contributed by atoms with Crippen LogP contribution in [0.25, 0.3) is 0 Å². The number of likely N-dealkylation sites (N-methyl/N-ethyl adjacent to an activating group) is 1. The van der Waals surface area contributed by atoms with Crippen LogP contribution in [-0.4, -0.2) is 49.6 Å². The van der Waals surface area contributed by atoms with Crippen molar-refractivity contribution in [1.82, 2.24) is 10.2 Å². The van der Waals surface area contributed by atoms with Gasteiger partial charge in [-0.15, -0.1) is 0 Å². The number of carbonyl (C=O) groups is 2. The van der Waals surface area contributed by atoms with Crippen LogP contribution in [0, 0.1) is 0 Å². The van der Waals surface area contributed by atoms with Gasteiger partial charge in [-0.1, -0.05) is 0 Å². The molecule has 1 N–H and O–H groups in total. The Kier molecular flexibility index (Phi) is 7.59. The Hall–Kier alpha value is -1.10. The van der Waals surface area contributed by atoms with E-state index in [1.54, 1.807) is 14.2 Å². The van der Waals surface area contributed by atoms with Gasteiger partial charge in [-0.25, -0.2) is 0 Å². The van der Waals surface area contributed by atoms with Gasteiger partial charge in [0.1, 0.15) is 0 Å². The summed E-state index contributed by atoms with van der Waals surface area (Å²) in [7, 11) is 3.30. The molecule has 0 saturated heterocycles. The molecular formula is C13H26N2O3. The normalized spacial score (nSPS) is 11.2. The van der Waals surface area contributed by atoms with Crippen molar-refractivity contribution in [2.45, 2.75) is 45.6 Å². The van der Waals surface area contributed by atoms with Gasteiger partial charge in [0, 0.05) is 32.7 Å². The molecule has 5 heteroatoms. The first-order valence-corrected chi connectivity index (χ1v) is 6.30. The molecule has 0 aromatic rings. The molecule has 0 heterocycles. The number of ether oxygens (including phenoxy) is 1. The average molecular weight is 258 g/mol. The summed E-state index contributed by atoms with van der Waals surface area (Å²) in [6.45, 7) is 6.52. The second kappa shape index (κ2) is 8.08. The van der Waals surface area contributed by atoms with E-state index in [1.165, 1.54) is 4.90 Å². The summed E-state index contributed by atoms with van der Waals surface area (Å²) in [5.41, 5.74) is -0.264. The van der Waals surface area contributed by atoms with Crippen LogP contribution in [0.1, 0.15) is 40.0 Å². The molecule has 0 rings (SSSR count). The van der Waals surface area contributed by atoms with Crippen LogP contribution in [0.4, 0.5) is 0 Å². The largest absolute Gasteiger partial charge is 0.385 e. The first-order valence-electron chi connectivity index (χ1n) is 6.30. The minimum Gasteiger partial charge on any atom is -0.385 e. The number of carbonyl (C=O) groups excluding carboxylic acids is 2. The van der Waals surface area contributed by atoms with Gasteiger partial charge in [0.25, 0.3) is 0 Å². The first-order chi connectivity index (χ1) is 8.26. The Morgan fingerprint density at radius 1 is 1.22 bits per heavy atom. The fraction of sp³-hybridized carbons (Fsp3) is 0.846. The standard InChI is InChI=1S/C13H26N2O3/c1-13(2,3)14-11(16)10-15(4)12(17)8-6-7-9-18-5/h6-10H2,1-5H3,(H,14,16). The minimum atomic E-state index is -0.264. The van der Waals surface area contributed by atoms with Gasteiger partial charge in [0.2, 0.25) is 11.8 Å². The molecule has 0 aliphatic rings. The molecule has 0 saturated carbocycles. The van der Waals surface area contributed by atoms with Crippen molar-refractivity contribution in [3.05, 3.63) is 0 Å². The van der Waals surface area contributed by atoms with E-state index in [0.29, 0.717) is 13.0 Å². The fourth-order valence-electron chi connectivity index (χ4n) is 1.47. The third kappa shape index (κ3) is 8.98. The molecule has 0 bridgehead atoms. The van der Waals surface area contributed by atoms with Crippen LogP contribution in [0.2, 0.25) is 0 Å². The lowest BCUT2D eigenvalue weighted by Gasteiger charge is -2.23. The molecule has 2 amide bonds. The van der Waals surface area contributed by atoms with Crippen molar-refractivity contribution in [3.8, 4) is 0 Å². The van der Waals surface area contributed by atoms with Crippen LogP contribution < -0.4 is 5.32 Å². The molecule has 0 aromatic heterocycles. The molecule has 0 spiro atoms. The quantitative estimate of drug-likeness (QED) is 0.698. The Morgan fingerprint density at radius 3 is 2.33 bits per heavy atom. The highest BCUT2D eigenvalue weighted by molar-refractivity contribution is 5.84. The third-order valence-corrected chi connectivity index (χ3v) is 2.31. The summed E-state index contributed by atoms with van der Waals surface area (Å²) in [5, 5.41) is 2.83. The number of rotatable bonds is 7. The van der Waals surface area contributed by atoms with E-state index in [-0.39, 0.29) is 23.9 Å². The van der Waals surface area contributed by atoms with Crippen molar-refractivity contribution < 1.29 is 14.3 Å². The second-order valence-corrected chi connectivity index (χ2v) is 5.50. The molecule has 0 unspecified atom stereocenters. The molecule has 0 radical (unpaired) electrons. The SMILES string of the molecule is COCCCCC(=O)N(C)CC(=O)NC(C)(C)C. The van der Waals surface area contributed by atoms with Crippen LogP contribution in [0.5, 0.6) is 0 Å². The van der Waals surface area contributed by atoms with Gasteiger partial charge in [-0.05, 0) is 33.6 Å². The van der Waals surface area contributed by atoms with Gasteiger partial charge in [-0.3, -0.25) is 9.59 Å². The van der Waals surface area contributed by atoms with E-state index in [0.717, 1.165) is 12.8 Å². The first kappa shape index (κ1) is 16.9. The van der Waals surface area contributed by atoms with Gasteiger partial charge in [0.05, 0.1) is 6.54 Å². The molecule has 0 fully saturated rings. The number of nitrogens with one attached hydrogen (secondary N) is 1. The maximum absolute atomic E-state index is 11.7. The lowest BCUT2D eigenvalue weighted by molar-refractivity contribution is -0.135. The molecule has 0 aromatic carbocycles. The Labute approximate surface area is 110 Å². The fourth-order valence-corrected chi connectivity index (χ4v) is 1.47. The summed E-state index contributed by atoms with van der Waals surface area (Å²) in [6, 6.07) is 0. The van der Waals surface area contributed by atoms with E-state index in [4.69, 9.17) is 4.74 Å². The van der Waals surface area contributed by atoms with E-state index < -0.39 is 0 Å². The number of hydrogen-bond donors (Lipinski definition) is 1. The van der Waals surface area contributed by atoms with E-state index in [1.807, 2.05) is 20.8 Å². The summed E-state index contributed by atoms with van der Waals surface area (Å²) in [6.07, 6.45) is 2.12. The highest BCUT2D eigenvalue weighted by Crippen LogP contribution is 2.01. The van der Waals surface area contributed by atoms with E-state index >= 15 is 0 Å². The molecule has 0 aliphatic heterocycles.